The predicted molar refractivity (Wildman–Crippen MR) is 145 cm³/mol. The van der Waals surface area contributed by atoms with Crippen LogP contribution < -0.4 is 10.1 Å². The van der Waals surface area contributed by atoms with E-state index in [4.69, 9.17) is 9.84 Å². The zero-order chi connectivity index (χ0) is 27.5. The van der Waals surface area contributed by atoms with E-state index in [0.717, 1.165) is 11.1 Å². The fourth-order valence-corrected chi connectivity index (χ4v) is 4.21. The standard InChI is InChI=1S/C31H23F2N3O3/c1-19-6-5-7-22(18-19)29-28(31(39-20(2)37)36(35-29)25-16-12-23(32)13-17-25)21-10-14-24(15-11-21)34-30(38)26-8-3-4-9-27(26)33/h3-18H,1-2H3,(H,34,38). The van der Waals surface area contributed by atoms with Crippen molar-refractivity contribution in [2.45, 2.75) is 13.8 Å². The molecule has 0 fully saturated rings. The minimum absolute atomic E-state index is 0.0685. The van der Waals surface area contributed by atoms with Gasteiger partial charge in [-0.05, 0) is 67.1 Å². The molecule has 0 aliphatic heterocycles. The number of halogens is 2. The molecule has 0 radical (unpaired) electrons. The number of nitrogens with zero attached hydrogens (tertiary/aromatic N) is 2. The van der Waals surface area contributed by atoms with Gasteiger partial charge in [0.1, 0.15) is 17.3 Å². The zero-order valence-electron chi connectivity index (χ0n) is 21.1. The van der Waals surface area contributed by atoms with Crippen LogP contribution in [0.3, 0.4) is 0 Å². The molecule has 8 heteroatoms. The summed E-state index contributed by atoms with van der Waals surface area (Å²) in [6.45, 7) is 3.25. The summed E-state index contributed by atoms with van der Waals surface area (Å²) < 4.78 is 34.8. The number of anilines is 1. The van der Waals surface area contributed by atoms with Crippen molar-refractivity contribution in [1.29, 1.82) is 0 Å². The second kappa shape index (κ2) is 10.7. The fraction of sp³-hybridized carbons (Fsp3) is 0.0645. The first-order valence-corrected chi connectivity index (χ1v) is 12.1. The molecule has 1 amide bonds. The van der Waals surface area contributed by atoms with Gasteiger partial charge in [-0.15, -0.1) is 0 Å². The van der Waals surface area contributed by atoms with E-state index in [1.165, 1.54) is 41.9 Å². The van der Waals surface area contributed by atoms with Crippen molar-refractivity contribution in [3.8, 4) is 34.0 Å². The highest BCUT2D eigenvalue weighted by atomic mass is 19.1. The molecule has 0 saturated heterocycles. The highest BCUT2D eigenvalue weighted by molar-refractivity contribution is 6.04. The Morgan fingerprint density at radius 3 is 2.23 bits per heavy atom. The minimum atomic E-state index is -0.617. The summed E-state index contributed by atoms with van der Waals surface area (Å²) in [5.74, 6) is -2.00. The number of amides is 1. The molecule has 5 rings (SSSR count). The number of hydrogen-bond donors (Lipinski definition) is 1. The Bertz CT molecular complexity index is 1680. The maximum atomic E-state index is 14.0. The Morgan fingerprint density at radius 1 is 0.846 bits per heavy atom. The van der Waals surface area contributed by atoms with E-state index >= 15 is 0 Å². The Kier molecular flexibility index (Phi) is 7.01. The van der Waals surface area contributed by atoms with E-state index < -0.39 is 23.5 Å². The summed E-state index contributed by atoms with van der Waals surface area (Å²) in [4.78, 5) is 24.7. The van der Waals surface area contributed by atoms with E-state index in [1.54, 1.807) is 42.5 Å². The van der Waals surface area contributed by atoms with E-state index in [-0.39, 0.29) is 11.4 Å². The summed E-state index contributed by atoms with van der Waals surface area (Å²) >= 11 is 0. The smallest absolute Gasteiger partial charge is 0.309 e. The van der Waals surface area contributed by atoms with Crippen molar-refractivity contribution in [2.75, 3.05) is 5.32 Å². The highest BCUT2D eigenvalue weighted by Gasteiger charge is 2.25. The van der Waals surface area contributed by atoms with Crippen LogP contribution in [0.25, 0.3) is 28.1 Å². The first kappa shape index (κ1) is 25.5. The quantitative estimate of drug-likeness (QED) is 0.244. The van der Waals surface area contributed by atoms with Gasteiger partial charge in [0.05, 0.1) is 16.8 Å². The second-order valence-electron chi connectivity index (χ2n) is 8.89. The molecule has 0 spiro atoms. The molecule has 0 atom stereocenters. The highest BCUT2D eigenvalue weighted by Crippen LogP contribution is 2.41. The molecular weight excluding hydrogens is 500 g/mol. The van der Waals surface area contributed by atoms with Gasteiger partial charge in [0.25, 0.3) is 5.91 Å². The molecule has 0 bridgehead atoms. The second-order valence-corrected chi connectivity index (χ2v) is 8.89. The number of carbonyl (C=O) groups is 2. The summed E-state index contributed by atoms with van der Waals surface area (Å²) in [5, 5.41) is 7.47. The van der Waals surface area contributed by atoms with Crippen LogP contribution in [0.5, 0.6) is 5.88 Å². The lowest BCUT2D eigenvalue weighted by molar-refractivity contribution is -0.132. The van der Waals surface area contributed by atoms with Gasteiger partial charge < -0.3 is 10.1 Å². The summed E-state index contributed by atoms with van der Waals surface area (Å²) in [6.07, 6.45) is 0. The number of aryl methyl sites for hydroxylation is 1. The molecule has 4 aromatic carbocycles. The maximum absolute atomic E-state index is 14.0. The SMILES string of the molecule is CC(=O)Oc1c(-c2ccc(NC(=O)c3ccccc3F)cc2)c(-c2cccc(C)c2)nn1-c1ccc(F)cc1. The molecule has 0 unspecified atom stereocenters. The molecule has 0 aliphatic rings. The average molecular weight is 524 g/mol. The van der Waals surface area contributed by atoms with Crippen molar-refractivity contribution in [3.05, 3.63) is 120 Å². The zero-order valence-corrected chi connectivity index (χ0v) is 21.1. The van der Waals surface area contributed by atoms with Gasteiger partial charge in [0.2, 0.25) is 5.88 Å². The summed E-state index contributed by atoms with van der Waals surface area (Å²) in [7, 11) is 0. The normalized spacial score (nSPS) is 10.8. The van der Waals surface area contributed by atoms with Crippen molar-refractivity contribution < 1.29 is 23.1 Å². The minimum Gasteiger partial charge on any atom is -0.407 e. The van der Waals surface area contributed by atoms with Crippen LogP contribution >= 0.6 is 0 Å². The molecule has 194 valence electrons. The number of nitrogens with one attached hydrogen (secondary N) is 1. The van der Waals surface area contributed by atoms with E-state index in [9.17, 15) is 18.4 Å². The molecular formula is C31H23F2N3O3. The van der Waals surface area contributed by atoms with Crippen LogP contribution in [0.15, 0.2) is 97.1 Å². The number of benzene rings is 4. The fourth-order valence-electron chi connectivity index (χ4n) is 4.21. The van der Waals surface area contributed by atoms with Crippen LogP contribution in [-0.4, -0.2) is 21.7 Å². The first-order valence-electron chi connectivity index (χ1n) is 12.1. The van der Waals surface area contributed by atoms with Crippen molar-refractivity contribution in [2.24, 2.45) is 0 Å². The molecule has 0 saturated carbocycles. The summed E-state index contributed by atoms with van der Waals surface area (Å²) in [6, 6.07) is 26.0. The van der Waals surface area contributed by atoms with Crippen LogP contribution in [0.1, 0.15) is 22.8 Å². The third kappa shape index (κ3) is 5.45. The van der Waals surface area contributed by atoms with Crippen LogP contribution in [-0.2, 0) is 4.79 Å². The van der Waals surface area contributed by atoms with E-state index in [1.807, 2.05) is 31.2 Å². The monoisotopic (exact) mass is 523 g/mol. The van der Waals surface area contributed by atoms with Crippen LogP contribution in [0.2, 0.25) is 0 Å². The molecule has 1 heterocycles. The van der Waals surface area contributed by atoms with E-state index in [2.05, 4.69) is 5.32 Å². The molecule has 1 aromatic heterocycles. The van der Waals surface area contributed by atoms with Gasteiger partial charge in [0.15, 0.2) is 0 Å². The lowest BCUT2D eigenvalue weighted by atomic mass is 10.00. The van der Waals surface area contributed by atoms with E-state index in [0.29, 0.717) is 28.2 Å². The number of hydrogen-bond acceptors (Lipinski definition) is 4. The van der Waals surface area contributed by atoms with Gasteiger partial charge in [0, 0.05) is 18.2 Å². The molecule has 6 nitrogen and oxygen atoms in total. The number of ether oxygens (including phenoxy) is 1. The summed E-state index contributed by atoms with van der Waals surface area (Å²) in [5.41, 5.74) is 4.41. The maximum Gasteiger partial charge on any atom is 0.309 e. The van der Waals surface area contributed by atoms with Gasteiger partial charge in [-0.25, -0.2) is 8.78 Å². The van der Waals surface area contributed by atoms with Gasteiger partial charge in [-0.2, -0.15) is 9.78 Å². The third-order valence-electron chi connectivity index (χ3n) is 6.00. The number of carbonyl (C=O) groups excluding carboxylic acids is 2. The predicted octanol–water partition coefficient (Wildman–Crippen LogP) is 6.97. The Hall–Kier alpha value is -5.11. The topological polar surface area (TPSA) is 73.2 Å². The average Bonchev–Trinajstić information content (AvgIpc) is 3.28. The molecule has 1 N–H and O–H groups in total. The number of esters is 1. The number of rotatable bonds is 6. The lowest BCUT2D eigenvalue weighted by Gasteiger charge is -2.11. The Labute approximate surface area is 223 Å². The van der Waals surface area contributed by atoms with Crippen LogP contribution in [0, 0.1) is 18.6 Å². The first-order chi connectivity index (χ1) is 18.8. The van der Waals surface area contributed by atoms with Gasteiger partial charge >= 0.3 is 5.97 Å². The van der Waals surface area contributed by atoms with Crippen molar-refractivity contribution >= 4 is 17.6 Å². The molecule has 0 aliphatic carbocycles. The molecule has 5 aromatic rings. The third-order valence-corrected chi connectivity index (χ3v) is 6.00. The van der Waals surface area contributed by atoms with Gasteiger partial charge in [-0.3, -0.25) is 9.59 Å². The Balaban J connectivity index is 1.62. The Morgan fingerprint density at radius 2 is 1.56 bits per heavy atom. The largest absolute Gasteiger partial charge is 0.407 e. The lowest BCUT2D eigenvalue weighted by Crippen LogP contribution is -2.13. The number of aromatic nitrogens is 2. The van der Waals surface area contributed by atoms with Crippen molar-refractivity contribution in [1.82, 2.24) is 9.78 Å². The van der Waals surface area contributed by atoms with Crippen molar-refractivity contribution in [3.63, 3.8) is 0 Å². The van der Waals surface area contributed by atoms with Crippen LogP contribution in [0.4, 0.5) is 14.5 Å². The molecule has 39 heavy (non-hydrogen) atoms. The van der Waals surface area contributed by atoms with Gasteiger partial charge in [-0.1, -0.05) is 48.0 Å².